The molecule has 2 heterocycles. The number of anilines is 3. The van der Waals surface area contributed by atoms with Gasteiger partial charge in [0, 0.05) is 55.6 Å². The Balaban J connectivity index is 1.39. The second-order valence-electron chi connectivity index (χ2n) is 9.06. The predicted molar refractivity (Wildman–Crippen MR) is 153 cm³/mol. The summed E-state index contributed by atoms with van der Waals surface area (Å²) < 4.78 is 21.8. The smallest absolute Gasteiger partial charge is 0.257 e. The average molecular weight is 529 g/mol. The van der Waals surface area contributed by atoms with Crippen molar-refractivity contribution < 1.29 is 23.7 Å². The summed E-state index contributed by atoms with van der Waals surface area (Å²) in [5, 5.41) is 4.72. The van der Waals surface area contributed by atoms with Gasteiger partial charge in [0.2, 0.25) is 5.75 Å². The minimum atomic E-state index is -0.277. The van der Waals surface area contributed by atoms with Gasteiger partial charge < -0.3 is 34.1 Å². The molecule has 0 unspecified atom stereocenters. The van der Waals surface area contributed by atoms with E-state index in [2.05, 4.69) is 21.2 Å². The van der Waals surface area contributed by atoms with Gasteiger partial charge in [0.1, 0.15) is 11.6 Å². The first-order valence-electron chi connectivity index (χ1n) is 12.7. The number of carbonyl (C=O) groups is 1. The number of hydrogen-bond donors (Lipinski definition) is 1. The van der Waals surface area contributed by atoms with Gasteiger partial charge in [-0.25, -0.2) is 4.98 Å². The summed E-state index contributed by atoms with van der Waals surface area (Å²) >= 11 is 0. The number of pyridine rings is 1. The number of aromatic nitrogens is 1. The molecule has 0 atom stereocenters. The second-order valence-corrected chi connectivity index (χ2v) is 9.06. The Morgan fingerprint density at radius 1 is 0.744 bits per heavy atom. The molecule has 0 radical (unpaired) electrons. The van der Waals surface area contributed by atoms with E-state index >= 15 is 0 Å². The minimum Gasteiger partial charge on any atom is -0.495 e. The summed E-state index contributed by atoms with van der Waals surface area (Å²) in [6.45, 7) is 3.26. The van der Waals surface area contributed by atoms with Crippen LogP contribution in [-0.2, 0) is 0 Å². The van der Waals surface area contributed by atoms with Crippen molar-refractivity contribution in [3.05, 3.63) is 72.4 Å². The van der Waals surface area contributed by atoms with Crippen molar-refractivity contribution in [1.29, 1.82) is 0 Å². The van der Waals surface area contributed by atoms with Gasteiger partial charge in [0.05, 0.1) is 39.7 Å². The average Bonchev–Trinajstić information content (AvgIpc) is 3.00. The molecule has 5 rings (SSSR count). The van der Waals surface area contributed by atoms with Crippen LogP contribution < -0.4 is 34.1 Å². The highest BCUT2D eigenvalue weighted by Gasteiger charge is 2.23. The Morgan fingerprint density at radius 3 is 1.97 bits per heavy atom. The highest BCUT2D eigenvalue weighted by atomic mass is 16.5. The number of hydrogen-bond acceptors (Lipinski definition) is 8. The van der Waals surface area contributed by atoms with E-state index in [9.17, 15) is 4.79 Å². The first-order chi connectivity index (χ1) is 19.1. The second kappa shape index (κ2) is 11.4. The van der Waals surface area contributed by atoms with E-state index in [1.165, 1.54) is 21.3 Å². The monoisotopic (exact) mass is 528 g/mol. The summed E-state index contributed by atoms with van der Waals surface area (Å²) in [4.78, 5) is 22.8. The van der Waals surface area contributed by atoms with Gasteiger partial charge in [0.15, 0.2) is 11.5 Å². The number of piperazine rings is 1. The maximum atomic E-state index is 13.4. The van der Waals surface area contributed by atoms with Crippen molar-refractivity contribution in [3.63, 3.8) is 0 Å². The van der Waals surface area contributed by atoms with Gasteiger partial charge in [-0.3, -0.25) is 4.79 Å². The SMILES string of the molecule is COc1ccccc1N1CCN(c2ncc(C(=O)Nc3cc(OC)c(OC)c(OC)c3)c3ccccc23)CC1. The molecule has 202 valence electrons. The fraction of sp³-hybridized carbons (Fsp3) is 0.267. The quantitative estimate of drug-likeness (QED) is 0.348. The Labute approximate surface area is 227 Å². The zero-order valence-electron chi connectivity index (χ0n) is 22.6. The highest BCUT2D eigenvalue weighted by molar-refractivity contribution is 6.14. The molecule has 1 aromatic heterocycles. The third-order valence-corrected chi connectivity index (χ3v) is 6.95. The van der Waals surface area contributed by atoms with Gasteiger partial charge in [-0.2, -0.15) is 0 Å². The van der Waals surface area contributed by atoms with E-state index in [0.717, 1.165) is 54.2 Å². The summed E-state index contributed by atoms with van der Waals surface area (Å²) in [5.74, 6) is 2.84. The van der Waals surface area contributed by atoms with E-state index in [-0.39, 0.29) is 5.91 Å². The standard InChI is InChI=1S/C30H32N4O5/c1-36-25-12-8-7-11-24(25)33-13-15-34(16-14-33)29-22-10-6-5-9-21(22)23(19-31-29)30(35)32-20-17-26(37-2)28(39-4)27(18-20)38-3/h5-12,17-19H,13-16H2,1-4H3,(H,32,35). The van der Waals surface area contributed by atoms with Crippen LogP contribution in [0.3, 0.4) is 0 Å². The number of nitrogens with zero attached hydrogens (tertiary/aromatic N) is 3. The van der Waals surface area contributed by atoms with Crippen LogP contribution in [0, 0.1) is 0 Å². The zero-order valence-corrected chi connectivity index (χ0v) is 22.6. The summed E-state index contributed by atoms with van der Waals surface area (Å²) in [6, 6.07) is 19.4. The number of ether oxygens (including phenoxy) is 4. The maximum Gasteiger partial charge on any atom is 0.257 e. The van der Waals surface area contributed by atoms with Crippen LogP contribution >= 0.6 is 0 Å². The molecule has 1 amide bonds. The van der Waals surface area contributed by atoms with Crippen molar-refractivity contribution in [3.8, 4) is 23.0 Å². The maximum absolute atomic E-state index is 13.4. The first-order valence-corrected chi connectivity index (χ1v) is 12.7. The molecule has 0 spiro atoms. The lowest BCUT2D eigenvalue weighted by molar-refractivity contribution is 0.102. The number of rotatable bonds is 8. The number of nitrogens with one attached hydrogen (secondary N) is 1. The van der Waals surface area contributed by atoms with E-state index in [1.807, 2.05) is 42.5 Å². The van der Waals surface area contributed by atoms with Gasteiger partial charge in [-0.05, 0) is 17.5 Å². The van der Waals surface area contributed by atoms with Gasteiger partial charge >= 0.3 is 0 Å². The molecular weight excluding hydrogens is 496 g/mol. The number of para-hydroxylation sites is 2. The van der Waals surface area contributed by atoms with Crippen LogP contribution in [0.4, 0.5) is 17.2 Å². The minimum absolute atomic E-state index is 0.277. The fourth-order valence-corrected chi connectivity index (χ4v) is 5.01. The molecule has 1 N–H and O–H groups in total. The molecule has 39 heavy (non-hydrogen) atoms. The van der Waals surface area contributed by atoms with Crippen LogP contribution in [0.25, 0.3) is 10.8 Å². The van der Waals surface area contributed by atoms with Crippen LogP contribution in [0.5, 0.6) is 23.0 Å². The highest BCUT2D eigenvalue weighted by Crippen LogP contribution is 2.40. The molecule has 1 aliphatic heterocycles. The molecule has 9 heteroatoms. The molecule has 1 fully saturated rings. The van der Waals surface area contributed by atoms with E-state index in [0.29, 0.717) is 28.5 Å². The summed E-state index contributed by atoms with van der Waals surface area (Å²) in [7, 11) is 6.31. The Bertz CT molecular complexity index is 1460. The number of benzene rings is 3. The van der Waals surface area contributed by atoms with Gasteiger partial charge in [-0.15, -0.1) is 0 Å². The molecule has 9 nitrogen and oxygen atoms in total. The van der Waals surface area contributed by atoms with Crippen molar-refractivity contribution in [2.24, 2.45) is 0 Å². The van der Waals surface area contributed by atoms with E-state index in [1.54, 1.807) is 25.4 Å². The lowest BCUT2D eigenvalue weighted by Crippen LogP contribution is -2.47. The molecule has 1 aliphatic rings. The van der Waals surface area contributed by atoms with Crippen molar-refractivity contribution in [1.82, 2.24) is 4.98 Å². The van der Waals surface area contributed by atoms with Crippen LogP contribution in [-0.4, -0.2) is 65.5 Å². The zero-order chi connectivity index (χ0) is 27.4. The lowest BCUT2D eigenvalue weighted by atomic mass is 10.1. The molecule has 0 aliphatic carbocycles. The fourth-order valence-electron chi connectivity index (χ4n) is 5.01. The molecule has 3 aromatic carbocycles. The third-order valence-electron chi connectivity index (χ3n) is 6.95. The molecule has 4 aromatic rings. The Kier molecular flexibility index (Phi) is 7.58. The Hall–Kier alpha value is -4.66. The normalized spacial score (nSPS) is 13.2. The largest absolute Gasteiger partial charge is 0.495 e. The van der Waals surface area contributed by atoms with E-state index < -0.39 is 0 Å². The van der Waals surface area contributed by atoms with Crippen LogP contribution in [0.2, 0.25) is 0 Å². The van der Waals surface area contributed by atoms with Crippen LogP contribution in [0.1, 0.15) is 10.4 Å². The molecule has 0 bridgehead atoms. The first kappa shape index (κ1) is 26.0. The molecule has 1 saturated heterocycles. The topological polar surface area (TPSA) is 85.4 Å². The number of fused-ring (bicyclic) bond motifs is 1. The van der Waals surface area contributed by atoms with Crippen molar-refractivity contribution >= 4 is 33.9 Å². The lowest BCUT2D eigenvalue weighted by Gasteiger charge is -2.37. The summed E-state index contributed by atoms with van der Waals surface area (Å²) in [6.07, 6.45) is 1.65. The Morgan fingerprint density at radius 2 is 1.33 bits per heavy atom. The summed E-state index contributed by atoms with van der Waals surface area (Å²) in [5.41, 5.74) is 2.10. The van der Waals surface area contributed by atoms with E-state index in [4.69, 9.17) is 23.9 Å². The number of methoxy groups -OCH3 is 4. The molecular formula is C30H32N4O5. The van der Waals surface area contributed by atoms with Crippen molar-refractivity contribution in [2.45, 2.75) is 0 Å². The number of carbonyl (C=O) groups excluding carboxylic acids is 1. The number of amides is 1. The third kappa shape index (κ3) is 5.07. The van der Waals surface area contributed by atoms with Crippen molar-refractivity contribution in [2.75, 3.05) is 69.7 Å². The van der Waals surface area contributed by atoms with Gasteiger partial charge in [0.25, 0.3) is 5.91 Å². The molecule has 0 saturated carbocycles. The van der Waals surface area contributed by atoms with Gasteiger partial charge in [-0.1, -0.05) is 36.4 Å². The van der Waals surface area contributed by atoms with Crippen LogP contribution in [0.15, 0.2) is 66.9 Å². The predicted octanol–water partition coefficient (Wildman–Crippen LogP) is 4.85.